The third kappa shape index (κ3) is 5.25. The van der Waals surface area contributed by atoms with Gasteiger partial charge in [-0.25, -0.2) is 4.79 Å². The highest BCUT2D eigenvalue weighted by Crippen LogP contribution is 2.18. The molecule has 0 aromatic heterocycles. The number of hydrogen-bond donors (Lipinski definition) is 1. The molecule has 0 saturated carbocycles. The number of amides is 1. The Labute approximate surface area is 173 Å². The summed E-state index contributed by atoms with van der Waals surface area (Å²) in [6.45, 7) is 11.4. The zero-order valence-electron chi connectivity index (χ0n) is 16.0. The first kappa shape index (κ1) is 20.8. The van der Waals surface area contributed by atoms with Gasteiger partial charge in [0.1, 0.15) is 5.60 Å². The number of carbonyl (C=O) groups excluding carboxylic acids is 1. The number of ether oxygens (including phenoxy) is 1. The van der Waals surface area contributed by atoms with E-state index in [1.165, 1.54) is 11.1 Å². The van der Waals surface area contributed by atoms with Crippen molar-refractivity contribution in [2.75, 3.05) is 26.2 Å². The van der Waals surface area contributed by atoms with Crippen LogP contribution in [0.25, 0.3) is 0 Å². The van der Waals surface area contributed by atoms with Crippen LogP contribution in [-0.2, 0) is 11.3 Å². The lowest BCUT2D eigenvalue weighted by Gasteiger charge is -2.39. The van der Waals surface area contributed by atoms with Crippen LogP contribution in [0.4, 0.5) is 4.79 Å². The summed E-state index contributed by atoms with van der Waals surface area (Å²) in [7, 11) is 0. The molecule has 1 atom stereocenters. The molecule has 0 bridgehead atoms. The maximum absolute atomic E-state index is 12.3. The van der Waals surface area contributed by atoms with Gasteiger partial charge < -0.3 is 19.9 Å². The Hall–Kier alpha value is -1.51. The van der Waals surface area contributed by atoms with Crippen LogP contribution in [-0.4, -0.2) is 59.7 Å². The molecule has 2 aliphatic heterocycles. The monoisotopic (exact) mass is 472 g/mol. The molecule has 2 heterocycles. The van der Waals surface area contributed by atoms with Crippen molar-refractivity contribution in [3.05, 3.63) is 35.4 Å². The lowest BCUT2D eigenvalue weighted by Crippen LogP contribution is -2.57. The molecule has 1 amide bonds. The largest absolute Gasteiger partial charge is 0.444 e. The molecule has 7 heteroatoms. The summed E-state index contributed by atoms with van der Waals surface area (Å²) in [5.41, 5.74) is 2.05. The Kier molecular flexibility index (Phi) is 6.76. The molecule has 0 spiro atoms. The van der Waals surface area contributed by atoms with Crippen LogP contribution in [0.3, 0.4) is 0 Å². The number of nitrogens with zero attached hydrogens (tertiary/aromatic N) is 3. The van der Waals surface area contributed by atoms with Gasteiger partial charge in [-0.3, -0.25) is 4.99 Å². The van der Waals surface area contributed by atoms with Crippen molar-refractivity contribution in [2.24, 2.45) is 4.99 Å². The number of fused-ring (bicyclic) bond motifs is 1. The summed E-state index contributed by atoms with van der Waals surface area (Å²) in [5, 5.41) is 3.45. The number of aryl methyl sites for hydroxylation is 1. The molecule has 1 fully saturated rings. The number of piperazine rings is 1. The van der Waals surface area contributed by atoms with Gasteiger partial charge in [0.05, 0.1) is 12.6 Å². The van der Waals surface area contributed by atoms with E-state index in [-0.39, 0.29) is 36.1 Å². The van der Waals surface area contributed by atoms with Crippen molar-refractivity contribution in [1.29, 1.82) is 0 Å². The van der Waals surface area contributed by atoms with E-state index in [9.17, 15) is 4.79 Å². The summed E-state index contributed by atoms with van der Waals surface area (Å²) in [6.07, 6.45) is -0.228. The molecule has 1 unspecified atom stereocenters. The predicted octanol–water partition coefficient (Wildman–Crippen LogP) is 2.99. The van der Waals surface area contributed by atoms with Crippen LogP contribution in [0, 0.1) is 6.92 Å². The van der Waals surface area contributed by atoms with Crippen molar-refractivity contribution in [2.45, 2.75) is 45.9 Å². The van der Waals surface area contributed by atoms with Crippen molar-refractivity contribution in [1.82, 2.24) is 15.1 Å². The van der Waals surface area contributed by atoms with Crippen LogP contribution in [0.5, 0.6) is 0 Å². The molecule has 0 aliphatic carbocycles. The highest BCUT2D eigenvalue weighted by Gasteiger charge is 2.36. The smallest absolute Gasteiger partial charge is 0.410 e. The van der Waals surface area contributed by atoms with Gasteiger partial charge in [0.15, 0.2) is 5.96 Å². The van der Waals surface area contributed by atoms with Crippen molar-refractivity contribution in [3.8, 4) is 0 Å². The molecule has 6 nitrogen and oxygen atoms in total. The fourth-order valence-electron chi connectivity index (χ4n) is 3.23. The second-order valence-corrected chi connectivity index (χ2v) is 7.78. The van der Waals surface area contributed by atoms with Gasteiger partial charge in [0.2, 0.25) is 0 Å². The van der Waals surface area contributed by atoms with Gasteiger partial charge in [-0.15, -0.1) is 24.0 Å². The molecule has 0 radical (unpaired) electrons. The Balaban J connectivity index is 0.00000243. The van der Waals surface area contributed by atoms with Crippen LogP contribution < -0.4 is 5.32 Å². The standard InChI is InChI=1S/C19H28N4O2.HI/c1-14-6-5-7-15(10-14)11-20-17-21-12-16-13-22(8-9-23(16)17)18(24)25-19(2,3)4;/h5-7,10,16H,8-9,11-13H2,1-4H3,(H,20,21);1H. The van der Waals surface area contributed by atoms with Gasteiger partial charge in [0, 0.05) is 26.2 Å². The van der Waals surface area contributed by atoms with Gasteiger partial charge in [-0.2, -0.15) is 0 Å². The number of nitrogens with one attached hydrogen (secondary N) is 1. The molecule has 26 heavy (non-hydrogen) atoms. The lowest BCUT2D eigenvalue weighted by molar-refractivity contribution is 0.0137. The van der Waals surface area contributed by atoms with Crippen molar-refractivity contribution >= 4 is 36.0 Å². The van der Waals surface area contributed by atoms with Crippen LogP contribution >= 0.6 is 24.0 Å². The minimum Gasteiger partial charge on any atom is -0.444 e. The summed E-state index contributed by atoms with van der Waals surface area (Å²) >= 11 is 0. The number of hydrogen-bond acceptors (Lipinski definition) is 5. The minimum absolute atomic E-state index is 0. The average Bonchev–Trinajstić information content (AvgIpc) is 2.93. The summed E-state index contributed by atoms with van der Waals surface area (Å²) in [5.74, 6) is 0.940. The minimum atomic E-state index is -0.457. The third-order valence-corrected chi connectivity index (χ3v) is 4.39. The van der Waals surface area contributed by atoms with Gasteiger partial charge >= 0.3 is 6.09 Å². The SMILES string of the molecule is Cc1cccc(CNC2=NCC3CN(C(=O)OC(C)(C)C)CCN23)c1.I. The van der Waals surface area contributed by atoms with E-state index < -0.39 is 5.60 Å². The van der Waals surface area contributed by atoms with Crippen molar-refractivity contribution < 1.29 is 9.53 Å². The maximum Gasteiger partial charge on any atom is 0.410 e. The molecule has 1 aromatic rings. The molecule has 1 aromatic carbocycles. The Bertz CT molecular complexity index is 672. The van der Waals surface area contributed by atoms with Gasteiger partial charge in [-0.1, -0.05) is 29.8 Å². The van der Waals surface area contributed by atoms with Gasteiger partial charge in [0.25, 0.3) is 0 Å². The Morgan fingerprint density at radius 3 is 2.81 bits per heavy atom. The van der Waals surface area contributed by atoms with Gasteiger partial charge in [-0.05, 0) is 33.3 Å². The summed E-state index contributed by atoms with van der Waals surface area (Å²) in [4.78, 5) is 21.0. The molecular weight excluding hydrogens is 443 g/mol. The molecule has 2 aliphatic rings. The average molecular weight is 472 g/mol. The Morgan fingerprint density at radius 1 is 1.35 bits per heavy atom. The van der Waals surface area contributed by atoms with E-state index in [1.54, 1.807) is 4.90 Å². The third-order valence-electron chi connectivity index (χ3n) is 4.39. The van der Waals surface area contributed by atoms with E-state index in [2.05, 4.69) is 46.4 Å². The summed E-state index contributed by atoms with van der Waals surface area (Å²) in [6, 6.07) is 8.71. The molecule has 3 rings (SSSR count). The highest BCUT2D eigenvalue weighted by molar-refractivity contribution is 14.0. The van der Waals surface area contributed by atoms with Crippen LogP contribution in [0.15, 0.2) is 29.3 Å². The zero-order chi connectivity index (χ0) is 18.0. The fraction of sp³-hybridized carbons (Fsp3) is 0.579. The number of halogens is 1. The van der Waals surface area contributed by atoms with Crippen molar-refractivity contribution in [3.63, 3.8) is 0 Å². The lowest BCUT2D eigenvalue weighted by atomic mass is 10.1. The van der Waals surface area contributed by atoms with E-state index in [0.717, 1.165) is 25.6 Å². The Morgan fingerprint density at radius 2 is 2.12 bits per heavy atom. The number of guanidine groups is 1. The number of carbonyl (C=O) groups is 1. The second kappa shape index (κ2) is 8.45. The van der Waals surface area contributed by atoms with E-state index in [4.69, 9.17) is 4.74 Å². The first-order valence-corrected chi connectivity index (χ1v) is 8.90. The van der Waals surface area contributed by atoms with E-state index in [1.807, 2.05) is 20.8 Å². The molecular formula is C19H29IN4O2. The molecule has 1 N–H and O–H groups in total. The zero-order valence-corrected chi connectivity index (χ0v) is 18.3. The quantitative estimate of drug-likeness (QED) is 0.673. The fourth-order valence-corrected chi connectivity index (χ4v) is 3.23. The number of benzene rings is 1. The first-order valence-electron chi connectivity index (χ1n) is 8.90. The number of aliphatic imine (C=N–C) groups is 1. The number of rotatable bonds is 2. The summed E-state index contributed by atoms with van der Waals surface area (Å²) < 4.78 is 5.48. The molecule has 144 valence electrons. The first-order chi connectivity index (χ1) is 11.8. The van der Waals surface area contributed by atoms with Crippen LogP contribution in [0.1, 0.15) is 31.9 Å². The maximum atomic E-state index is 12.3. The van der Waals surface area contributed by atoms with E-state index >= 15 is 0 Å². The molecule has 1 saturated heterocycles. The second-order valence-electron chi connectivity index (χ2n) is 7.78. The topological polar surface area (TPSA) is 57.2 Å². The predicted molar refractivity (Wildman–Crippen MR) is 114 cm³/mol. The normalized spacial score (nSPS) is 19.4. The van der Waals surface area contributed by atoms with Crippen LogP contribution in [0.2, 0.25) is 0 Å². The van der Waals surface area contributed by atoms with E-state index in [0.29, 0.717) is 13.1 Å². The highest BCUT2D eigenvalue weighted by atomic mass is 127.